The molecule has 0 saturated heterocycles. The third-order valence-electron chi connectivity index (χ3n) is 5.40. The summed E-state index contributed by atoms with van der Waals surface area (Å²) in [4.78, 5) is 27.2. The Bertz CT molecular complexity index is 1080. The van der Waals surface area contributed by atoms with Crippen LogP contribution in [0.25, 0.3) is 0 Å². The SMILES string of the molecule is CC[C@@H](C(=O)NC)N(Cc1ccccc1)C(=O)CCCN(c1ccc(OC)c(Cl)c1)S(C)(=O)=O. The van der Waals surface area contributed by atoms with Crippen molar-refractivity contribution in [3.8, 4) is 5.75 Å². The van der Waals surface area contributed by atoms with Crippen LogP contribution in [0, 0.1) is 0 Å². The molecular weight excluding hydrogens is 478 g/mol. The first kappa shape index (κ1) is 27.5. The molecule has 0 fully saturated rings. The number of hydrogen-bond donors (Lipinski definition) is 1. The van der Waals surface area contributed by atoms with Gasteiger partial charge < -0.3 is 15.0 Å². The average molecular weight is 510 g/mol. The first-order valence-electron chi connectivity index (χ1n) is 11.0. The summed E-state index contributed by atoms with van der Waals surface area (Å²) in [6.45, 7) is 2.22. The number of likely N-dealkylation sites (N-methyl/N-ethyl adjacent to an activating group) is 1. The molecule has 0 aromatic heterocycles. The van der Waals surface area contributed by atoms with Crippen molar-refractivity contribution in [1.29, 1.82) is 0 Å². The van der Waals surface area contributed by atoms with Gasteiger partial charge in [0.15, 0.2) is 0 Å². The second-order valence-electron chi connectivity index (χ2n) is 7.80. The van der Waals surface area contributed by atoms with Crippen molar-refractivity contribution in [2.24, 2.45) is 0 Å². The summed E-state index contributed by atoms with van der Waals surface area (Å²) in [6.07, 6.45) is 1.91. The number of amides is 2. The van der Waals surface area contributed by atoms with E-state index in [9.17, 15) is 18.0 Å². The molecule has 1 atom stereocenters. The first-order valence-corrected chi connectivity index (χ1v) is 13.2. The average Bonchev–Trinajstić information content (AvgIpc) is 2.81. The van der Waals surface area contributed by atoms with Crippen molar-refractivity contribution in [2.45, 2.75) is 38.8 Å². The van der Waals surface area contributed by atoms with Crippen molar-refractivity contribution >= 4 is 39.1 Å². The number of nitrogens with one attached hydrogen (secondary N) is 1. The van der Waals surface area contributed by atoms with E-state index in [1.165, 1.54) is 17.5 Å². The molecule has 186 valence electrons. The molecule has 2 aromatic rings. The Morgan fingerprint density at radius 3 is 2.35 bits per heavy atom. The Labute approximate surface area is 206 Å². The monoisotopic (exact) mass is 509 g/mol. The van der Waals surface area contributed by atoms with Crippen molar-refractivity contribution in [3.05, 3.63) is 59.1 Å². The number of halogens is 1. The molecule has 2 amide bonds. The molecule has 1 N–H and O–H groups in total. The van der Waals surface area contributed by atoms with Crippen LogP contribution in [0.3, 0.4) is 0 Å². The van der Waals surface area contributed by atoms with Gasteiger partial charge in [-0.25, -0.2) is 8.42 Å². The number of rotatable bonds is 12. The minimum Gasteiger partial charge on any atom is -0.495 e. The van der Waals surface area contributed by atoms with E-state index in [0.717, 1.165) is 11.8 Å². The van der Waals surface area contributed by atoms with E-state index in [0.29, 0.717) is 17.9 Å². The smallest absolute Gasteiger partial charge is 0.242 e. The Morgan fingerprint density at radius 1 is 1.15 bits per heavy atom. The van der Waals surface area contributed by atoms with Crippen LogP contribution in [0.1, 0.15) is 31.7 Å². The lowest BCUT2D eigenvalue weighted by Crippen LogP contribution is -2.48. The lowest BCUT2D eigenvalue weighted by atomic mass is 10.1. The molecule has 2 aromatic carbocycles. The number of anilines is 1. The molecule has 0 aliphatic rings. The van der Waals surface area contributed by atoms with Gasteiger partial charge >= 0.3 is 0 Å². The highest BCUT2D eigenvalue weighted by molar-refractivity contribution is 7.92. The Morgan fingerprint density at radius 2 is 1.82 bits per heavy atom. The van der Waals surface area contributed by atoms with E-state index in [1.54, 1.807) is 24.1 Å². The van der Waals surface area contributed by atoms with Crippen molar-refractivity contribution < 1.29 is 22.7 Å². The van der Waals surface area contributed by atoms with Gasteiger partial charge in [-0.2, -0.15) is 0 Å². The predicted molar refractivity (Wildman–Crippen MR) is 135 cm³/mol. The lowest BCUT2D eigenvalue weighted by molar-refractivity contribution is -0.141. The van der Waals surface area contributed by atoms with Crippen LogP contribution < -0.4 is 14.4 Å². The summed E-state index contributed by atoms with van der Waals surface area (Å²) in [5.41, 5.74) is 1.29. The fourth-order valence-corrected chi connectivity index (χ4v) is 4.89. The minimum absolute atomic E-state index is 0.0796. The van der Waals surface area contributed by atoms with Crippen LogP contribution in [0.5, 0.6) is 5.75 Å². The van der Waals surface area contributed by atoms with Gasteiger partial charge in [-0.05, 0) is 36.6 Å². The predicted octanol–water partition coefficient (Wildman–Crippen LogP) is 3.45. The zero-order valence-corrected chi connectivity index (χ0v) is 21.5. The van der Waals surface area contributed by atoms with Crippen molar-refractivity contribution in [1.82, 2.24) is 10.2 Å². The second-order valence-corrected chi connectivity index (χ2v) is 10.1. The number of carbonyl (C=O) groups excluding carboxylic acids is 2. The maximum Gasteiger partial charge on any atom is 0.242 e. The van der Waals surface area contributed by atoms with Gasteiger partial charge in [0.05, 0.1) is 24.1 Å². The van der Waals surface area contributed by atoms with Gasteiger partial charge in [-0.15, -0.1) is 0 Å². The molecule has 0 unspecified atom stereocenters. The van der Waals surface area contributed by atoms with Crippen molar-refractivity contribution in [3.63, 3.8) is 0 Å². The summed E-state index contributed by atoms with van der Waals surface area (Å²) in [5, 5.41) is 2.91. The molecule has 2 rings (SSSR count). The fourth-order valence-electron chi connectivity index (χ4n) is 3.68. The minimum atomic E-state index is -3.61. The lowest BCUT2D eigenvalue weighted by Gasteiger charge is -2.30. The number of carbonyl (C=O) groups is 2. The molecular formula is C24H32ClN3O5S. The molecule has 0 aliphatic heterocycles. The van der Waals surface area contributed by atoms with E-state index < -0.39 is 16.1 Å². The third-order valence-corrected chi connectivity index (χ3v) is 6.89. The molecule has 0 radical (unpaired) electrons. The molecule has 0 heterocycles. The molecule has 0 bridgehead atoms. The van der Waals surface area contributed by atoms with E-state index in [1.807, 2.05) is 37.3 Å². The van der Waals surface area contributed by atoms with Crippen LogP contribution in [0.15, 0.2) is 48.5 Å². The van der Waals surface area contributed by atoms with E-state index in [2.05, 4.69) is 5.32 Å². The zero-order valence-electron chi connectivity index (χ0n) is 20.0. The fraction of sp³-hybridized carbons (Fsp3) is 0.417. The van der Waals surface area contributed by atoms with Crippen LogP contribution in [0.2, 0.25) is 5.02 Å². The number of benzene rings is 2. The van der Waals surface area contributed by atoms with E-state index in [4.69, 9.17) is 16.3 Å². The van der Waals surface area contributed by atoms with Crippen molar-refractivity contribution in [2.75, 3.05) is 31.3 Å². The van der Waals surface area contributed by atoms with Gasteiger partial charge in [0.2, 0.25) is 21.8 Å². The second kappa shape index (κ2) is 12.6. The van der Waals surface area contributed by atoms with Crippen LogP contribution in [-0.2, 0) is 26.2 Å². The maximum atomic E-state index is 13.2. The molecule has 34 heavy (non-hydrogen) atoms. The highest BCUT2D eigenvalue weighted by Crippen LogP contribution is 2.30. The summed E-state index contributed by atoms with van der Waals surface area (Å²) in [5.74, 6) is -0.0247. The maximum absolute atomic E-state index is 13.2. The standard InChI is InChI=1S/C24H32ClN3O5S/c1-5-21(24(30)26-2)27(17-18-10-7-6-8-11-18)23(29)12-9-15-28(34(4,31)32)19-13-14-22(33-3)20(25)16-19/h6-8,10-11,13-14,16,21H,5,9,12,15,17H2,1-4H3,(H,26,30)/t21-/m0/s1. The Balaban J connectivity index is 2.18. The van der Waals surface area contributed by atoms with Gasteiger partial charge in [0, 0.05) is 26.6 Å². The molecule has 8 nitrogen and oxygen atoms in total. The summed E-state index contributed by atoms with van der Waals surface area (Å²) in [7, 11) is -0.596. The van der Waals surface area contributed by atoms with E-state index >= 15 is 0 Å². The number of nitrogens with zero attached hydrogens (tertiary/aromatic N) is 2. The molecule has 0 spiro atoms. The first-order chi connectivity index (χ1) is 16.1. The topological polar surface area (TPSA) is 96.0 Å². The van der Waals surface area contributed by atoms with Gasteiger partial charge in [-0.3, -0.25) is 13.9 Å². The van der Waals surface area contributed by atoms with Crippen LogP contribution in [0.4, 0.5) is 5.69 Å². The third kappa shape index (κ3) is 7.36. The Hall–Kier alpha value is -2.78. The molecule has 10 heteroatoms. The van der Waals surface area contributed by atoms with Crippen LogP contribution in [-0.4, -0.2) is 58.1 Å². The van der Waals surface area contributed by atoms with Gasteiger partial charge in [0.1, 0.15) is 11.8 Å². The normalized spacial score (nSPS) is 12.0. The summed E-state index contributed by atoms with van der Waals surface area (Å²) >= 11 is 6.18. The quantitative estimate of drug-likeness (QED) is 0.472. The number of hydrogen-bond acceptors (Lipinski definition) is 5. The largest absolute Gasteiger partial charge is 0.495 e. The van der Waals surface area contributed by atoms with Gasteiger partial charge in [0.25, 0.3) is 0 Å². The highest BCUT2D eigenvalue weighted by Gasteiger charge is 2.28. The molecule has 0 aliphatic carbocycles. The Kier molecular flexibility index (Phi) is 10.2. The van der Waals surface area contributed by atoms with E-state index in [-0.39, 0.29) is 42.8 Å². The summed E-state index contributed by atoms with van der Waals surface area (Å²) < 4.78 is 31.2. The number of ether oxygens (including phenoxy) is 1. The summed E-state index contributed by atoms with van der Waals surface area (Å²) in [6, 6.07) is 13.5. The number of methoxy groups -OCH3 is 1. The van der Waals surface area contributed by atoms with Crippen LogP contribution >= 0.6 is 11.6 Å². The molecule has 0 saturated carbocycles. The number of sulfonamides is 1. The zero-order chi connectivity index (χ0) is 25.3. The highest BCUT2D eigenvalue weighted by atomic mass is 35.5. The van der Waals surface area contributed by atoms with Gasteiger partial charge in [-0.1, -0.05) is 48.9 Å².